The second kappa shape index (κ2) is 8.40. The number of hydrogen-bond donors (Lipinski definition) is 1. The number of hydrogen-bond acceptors (Lipinski definition) is 5. The minimum absolute atomic E-state index is 0.0588. The van der Waals surface area contributed by atoms with E-state index in [1.54, 1.807) is 35.6 Å². The molecule has 0 atom stereocenters. The lowest BCUT2D eigenvalue weighted by atomic mass is 10.0. The van der Waals surface area contributed by atoms with Crippen LogP contribution >= 0.6 is 11.3 Å². The predicted octanol–water partition coefficient (Wildman–Crippen LogP) is 5.24. The first-order chi connectivity index (χ1) is 15.6. The highest BCUT2D eigenvalue weighted by atomic mass is 32.1. The van der Waals surface area contributed by atoms with Gasteiger partial charge in [-0.1, -0.05) is 36.4 Å². The van der Waals surface area contributed by atoms with E-state index >= 15 is 0 Å². The quantitative estimate of drug-likeness (QED) is 0.430. The number of aromatic nitrogens is 1. The van der Waals surface area contributed by atoms with Crippen molar-refractivity contribution in [2.45, 2.75) is 19.4 Å². The lowest BCUT2D eigenvalue weighted by Gasteiger charge is -2.12. The first-order valence-corrected chi connectivity index (χ1v) is 11.2. The summed E-state index contributed by atoms with van der Waals surface area (Å²) in [7, 11) is 0. The number of carbonyl (C=O) groups is 2. The molecule has 6 heteroatoms. The van der Waals surface area contributed by atoms with Gasteiger partial charge in [0.05, 0.1) is 16.8 Å². The monoisotopic (exact) mass is 440 g/mol. The van der Waals surface area contributed by atoms with Crippen LogP contribution in [0.5, 0.6) is 0 Å². The molecule has 0 saturated carbocycles. The van der Waals surface area contributed by atoms with Gasteiger partial charge in [0, 0.05) is 15.8 Å². The Hall–Kier alpha value is -3.77. The largest absolute Gasteiger partial charge is 0.457 e. The van der Waals surface area contributed by atoms with Crippen LogP contribution in [-0.2, 0) is 17.8 Å². The normalized spacial score (nSPS) is 13.9. The fourth-order valence-electron chi connectivity index (χ4n) is 4.09. The number of allylic oxidation sites excluding steroid dienone is 1. The van der Waals surface area contributed by atoms with E-state index < -0.39 is 5.91 Å². The third kappa shape index (κ3) is 3.81. The number of thiophene rings is 1. The molecule has 5 nitrogen and oxygen atoms in total. The van der Waals surface area contributed by atoms with E-state index in [1.807, 2.05) is 35.7 Å². The number of nitrogens with zero attached hydrogens (tertiary/aromatic N) is 1. The molecular formula is C26H20N2O3S. The van der Waals surface area contributed by atoms with Crippen molar-refractivity contribution in [1.29, 1.82) is 0 Å². The van der Waals surface area contributed by atoms with Gasteiger partial charge < -0.3 is 10.5 Å². The zero-order valence-corrected chi connectivity index (χ0v) is 18.0. The zero-order chi connectivity index (χ0) is 22.1. The van der Waals surface area contributed by atoms with E-state index in [0.717, 1.165) is 40.6 Å². The summed E-state index contributed by atoms with van der Waals surface area (Å²) in [6.07, 6.45) is 3.73. The maximum atomic E-state index is 13.3. The van der Waals surface area contributed by atoms with E-state index in [1.165, 1.54) is 4.88 Å². The number of primary amides is 1. The minimum Gasteiger partial charge on any atom is -0.457 e. The molecule has 1 aliphatic carbocycles. The summed E-state index contributed by atoms with van der Waals surface area (Å²) < 4.78 is 5.69. The molecule has 0 unspecified atom stereocenters. The van der Waals surface area contributed by atoms with Crippen molar-refractivity contribution in [3.8, 4) is 0 Å². The van der Waals surface area contributed by atoms with Crippen molar-refractivity contribution in [2.24, 2.45) is 5.73 Å². The number of rotatable bonds is 5. The lowest BCUT2D eigenvalue weighted by molar-refractivity contribution is 0.0474. The summed E-state index contributed by atoms with van der Waals surface area (Å²) in [6.45, 7) is 0.0588. The van der Waals surface area contributed by atoms with Crippen LogP contribution < -0.4 is 5.73 Å². The van der Waals surface area contributed by atoms with Crippen LogP contribution in [0.25, 0.3) is 22.6 Å². The van der Waals surface area contributed by atoms with E-state index in [0.29, 0.717) is 16.7 Å². The molecule has 0 saturated heterocycles. The number of benzene rings is 2. The van der Waals surface area contributed by atoms with E-state index in [-0.39, 0.29) is 12.6 Å². The van der Waals surface area contributed by atoms with Gasteiger partial charge in [0.15, 0.2) is 0 Å². The van der Waals surface area contributed by atoms with Crippen LogP contribution in [-0.4, -0.2) is 16.9 Å². The molecule has 1 amide bonds. The van der Waals surface area contributed by atoms with Crippen LogP contribution in [0.4, 0.5) is 0 Å². The third-order valence-electron chi connectivity index (χ3n) is 5.59. The van der Waals surface area contributed by atoms with Crippen molar-refractivity contribution >= 4 is 45.8 Å². The maximum Gasteiger partial charge on any atom is 0.339 e. The summed E-state index contributed by atoms with van der Waals surface area (Å²) in [6, 6.07) is 18.6. The number of fused-ring (bicyclic) bond motifs is 2. The molecule has 158 valence electrons. The van der Waals surface area contributed by atoms with Crippen LogP contribution in [0.2, 0.25) is 0 Å². The number of para-hydroxylation sites is 1. The molecule has 2 heterocycles. The van der Waals surface area contributed by atoms with E-state index in [2.05, 4.69) is 12.1 Å². The molecule has 5 rings (SSSR count). The average molecular weight is 441 g/mol. The zero-order valence-electron chi connectivity index (χ0n) is 17.2. The number of ether oxygens (including phenoxy) is 1. The highest BCUT2D eigenvalue weighted by molar-refractivity contribution is 7.10. The van der Waals surface area contributed by atoms with Crippen molar-refractivity contribution in [3.63, 3.8) is 0 Å². The number of nitrogens with two attached hydrogens (primary N) is 1. The first-order valence-electron chi connectivity index (χ1n) is 10.3. The van der Waals surface area contributed by atoms with Gasteiger partial charge in [0.25, 0.3) is 0 Å². The Kier molecular flexibility index (Phi) is 5.29. The van der Waals surface area contributed by atoms with Crippen molar-refractivity contribution < 1.29 is 14.3 Å². The molecule has 0 bridgehead atoms. The summed E-state index contributed by atoms with van der Waals surface area (Å²) in [5, 5.41) is 2.84. The Morgan fingerprint density at radius 1 is 1.06 bits per heavy atom. The molecular weight excluding hydrogens is 420 g/mol. The molecule has 2 aromatic heterocycles. The van der Waals surface area contributed by atoms with Crippen LogP contribution in [0.15, 0.2) is 66.0 Å². The summed E-state index contributed by atoms with van der Waals surface area (Å²) in [5.41, 5.74) is 10.7. The molecule has 0 radical (unpaired) electrons. The van der Waals surface area contributed by atoms with E-state index in [4.69, 9.17) is 15.5 Å². The summed E-state index contributed by atoms with van der Waals surface area (Å²) >= 11 is 1.68. The molecule has 0 aliphatic heterocycles. The van der Waals surface area contributed by atoms with Crippen LogP contribution in [0.3, 0.4) is 0 Å². The number of pyridine rings is 1. The third-order valence-corrected chi connectivity index (χ3v) is 6.41. The molecule has 0 spiro atoms. The van der Waals surface area contributed by atoms with Crippen LogP contribution in [0.1, 0.15) is 48.8 Å². The van der Waals surface area contributed by atoms with Gasteiger partial charge in [-0.05, 0) is 65.3 Å². The molecule has 1 aliphatic rings. The van der Waals surface area contributed by atoms with Crippen molar-refractivity contribution in [1.82, 2.24) is 4.98 Å². The average Bonchev–Trinajstić information content (AvgIpc) is 3.46. The predicted molar refractivity (Wildman–Crippen MR) is 126 cm³/mol. The number of esters is 1. The molecule has 2 N–H and O–H groups in total. The van der Waals surface area contributed by atoms with Gasteiger partial charge in [0.1, 0.15) is 6.61 Å². The van der Waals surface area contributed by atoms with Crippen LogP contribution in [0, 0.1) is 0 Å². The fourth-order valence-corrected chi connectivity index (χ4v) is 4.77. The minimum atomic E-state index is -0.513. The first kappa shape index (κ1) is 20.2. The van der Waals surface area contributed by atoms with Gasteiger partial charge >= 0.3 is 5.97 Å². The second-order valence-electron chi connectivity index (χ2n) is 7.66. The van der Waals surface area contributed by atoms with Gasteiger partial charge in [0.2, 0.25) is 5.91 Å². The Labute approximate surface area is 189 Å². The smallest absolute Gasteiger partial charge is 0.339 e. The second-order valence-corrected chi connectivity index (χ2v) is 8.64. The molecule has 32 heavy (non-hydrogen) atoms. The van der Waals surface area contributed by atoms with Crippen molar-refractivity contribution in [3.05, 3.63) is 98.9 Å². The maximum absolute atomic E-state index is 13.3. The Balaban J connectivity index is 1.52. The number of amides is 1. The van der Waals surface area contributed by atoms with Gasteiger partial charge in [-0.3, -0.25) is 4.79 Å². The lowest BCUT2D eigenvalue weighted by Crippen LogP contribution is -2.12. The summed E-state index contributed by atoms with van der Waals surface area (Å²) in [5.74, 6) is -0.900. The fraction of sp³-hybridized carbons (Fsp3) is 0.115. The Morgan fingerprint density at radius 2 is 1.94 bits per heavy atom. The molecule has 4 aromatic rings. The van der Waals surface area contributed by atoms with Gasteiger partial charge in [-0.15, -0.1) is 11.3 Å². The van der Waals surface area contributed by atoms with Gasteiger partial charge in [-0.2, -0.15) is 0 Å². The Morgan fingerprint density at radius 3 is 2.75 bits per heavy atom. The topological polar surface area (TPSA) is 82.3 Å². The number of carbonyl (C=O) groups excluding carboxylic acids is 2. The van der Waals surface area contributed by atoms with E-state index in [9.17, 15) is 9.59 Å². The Bertz CT molecular complexity index is 1370. The molecule has 2 aromatic carbocycles. The highest BCUT2D eigenvalue weighted by Crippen LogP contribution is 2.38. The van der Waals surface area contributed by atoms with Crippen molar-refractivity contribution in [2.75, 3.05) is 0 Å². The standard InChI is InChI=1S/C26H20N2O3S/c27-25(29)18-6-3-5-16(13-18)15-31-26(30)23-20-8-1-2-9-22(20)28-24-17(10-11-21(23)24)14-19-7-4-12-32-19/h1-9,12-14H,10-11,15H2,(H2,27,29)/b17-14+. The van der Waals surface area contributed by atoms with Gasteiger partial charge in [-0.25, -0.2) is 9.78 Å². The summed E-state index contributed by atoms with van der Waals surface area (Å²) in [4.78, 5) is 30.8. The SMILES string of the molecule is NC(=O)c1cccc(COC(=O)c2c3c(nc4ccccc24)/C(=C/c2cccs2)CC3)c1. The molecule has 0 fully saturated rings. The highest BCUT2D eigenvalue weighted by Gasteiger charge is 2.27.